The maximum Gasteiger partial charge on any atom is 0.239 e. The molecule has 4 heteroatoms. The minimum atomic E-state index is -0.339. The third-order valence-corrected chi connectivity index (χ3v) is 3.57. The maximum absolute atomic E-state index is 12.2. The molecular formula is C14H28N2O2. The van der Waals surface area contributed by atoms with Gasteiger partial charge in [-0.15, -0.1) is 0 Å². The van der Waals surface area contributed by atoms with E-state index in [1.165, 1.54) is 12.8 Å². The lowest BCUT2D eigenvalue weighted by molar-refractivity contribution is -0.133. The van der Waals surface area contributed by atoms with E-state index < -0.39 is 0 Å². The second kappa shape index (κ2) is 8.48. The number of hydrogen-bond donors (Lipinski definition) is 2. The molecule has 0 saturated carbocycles. The van der Waals surface area contributed by atoms with Gasteiger partial charge in [-0.2, -0.15) is 0 Å². The van der Waals surface area contributed by atoms with Crippen LogP contribution in [0.3, 0.4) is 0 Å². The highest BCUT2D eigenvalue weighted by Gasteiger charge is 2.21. The van der Waals surface area contributed by atoms with Crippen molar-refractivity contribution in [3.63, 3.8) is 0 Å². The van der Waals surface area contributed by atoms with E-state index in [0.29, 0.717) is 6.54 Å². The zero-order valence-electron chi connectivity index (χ0n) is 11.8. The van der Waals surface area contributed by atoms with E-state index in [-0.39, 0.29) is 18.1 Å². The first-order valence-electron chi connectivity index (χ1n) is 7.35. The van der Waals surface area contributed by atoms with Gasteiger partial charge in [0, 0.05) is 19.6 Å². The molecule has 1 fully saturated rings. The lowest BCUT2D eigenvalue weighted by Crippen LogP contribution is -2.47. The van der Waals surface area contributed by atoms with E-state index in [9.17, 15) is 9.90 Å². The largest absolute Gasteiger partial charge is 0.392 e. The molecule has 0 aromatic rings. The SMILES string of the molecule is CCCC(O)CNC(C)C(=O)N1CCCCCC1. The van der Waals surface area contributed by atoms with Crippen LogP contribution in [0.4, 0.5) is 0 Å². The Hall–Kier alpha value is -0.610. The van der Waals surface area contributed by atoms with Crippen LogP contribution in [0, 0.1) is 0 Å². The fourth-order valence-corrected chi connectivity index (χ4v) is 2.40. The number of carbonyl (C=O) groups excluding carboxylic acids is 1. The number of nitrogens with one attached hydrogen (secondary N) is 1. The summed E-state index contributed by atoms with van der Waals surface area (Å²) in [4.78, 5) is 14.2. The van der Waals surface area contributed by atoms with E-state index in [4.69, 9.17) is 0 Å². The molecule has 1 heterocycles. The summed E-state index contributed by atoms with van der Waals surface area (Å²) in [5.74, 6) is 0.181. The second-order valence-electron chi connectivity index (χ2n) is 5.31. The normalized spacial score (nSPS) is 20.3. The molecule has 4 nitrogen and oxygen atoms in total. The van der Waals surface area contributed by atoms with Gasteiger partial charge in [0.05, 0.1) is 12.1 Å². The van der Waals surface area contributed by atoms with Crippen molar-refractivity contribution in [1.29, 1.82) is 0 Å². The van der Waals surface area contributed by atoms with E-state index in [1.807, 2.05) is 11.8 Å². The van der Waals surface area contributed by atoms with Crippen LogP contribution in [-0.2, 0) is 4.79 Å². The highest BCUT2D eigenvalue weighted by atomic mass is 16.3. The summed E-state index contributed by atoms with van der Waals surface area (Å²) in [6.07, 6.45) is 6.14. The van der Waals surface area contributed by atoms with Crippen molar-refractivity contribution in [2.24, 2.45) is 0 Å². The van der Waals surface area contributed by atoms with Gasteiger partial charge in [-0.3, -0.25) is 4.79 Å². The van der Waals surface area contributed by atoms with Crippen molar-refractivity contribution < 1.29 is 9.90 Å². The quantitative estimate of drug-likeness (QED) is 0.758. The Morgan fingerprint density at radius 2 is 1.89 bits per heavy atom. The summed E-state index contributed by atoms with van der Waals surface area (Å²) < 4.78 is 0. The zero-order valence-corrected chi connectivity index (χ0v) is 11.8. The fraction of sp³-hybridized carbons (Fsp3) is 0.929. The first-order valence-corrected chi connectivity index (χ1v) is 7.35. The molecule has 2 N–H and O–H groups in total. The molecule has 2 atom stereocenters. The number of hydrogen-bond acceptors (Lipinski definition) is 3. The molecule has 1 rings (SSSR count). The molecule has 0 aliphatic carbocycles. The molecule has 18 heavy (non-hydrogen) atoms. The van der Waals surface area contributed by atoms with Crippen molar-refractivity contribution in [2.75, 3.05) is 19.6 Å². The minimum absolute atomic E-state index is 0.181. The minimum Gasteiger partial charge on any atom is -0.392 e. The Labute approximate surface area is 111 Å². The van der Waals surface area contributed by atoms with Gasteiger partial charge in [-0.25, -0.2) is 0 Å². The third kappa shape index (κ3) is 5.36. The van der Waals surface area contributed by atoms with E-state index >= 15 is 0 Å². The van der Waals surface area contributed by atoms with Crippen molar-refractivity contribution >= 4 is 5.91 Å². The second-order valence-corrected chi connectivity index (χ2v) is 5.31. The Morgan fingerprint density at radius 1 is 1.28 bits per heavy atom. The molecule has 2 unspecified atom stereocenters. The monoisotopic (exact) mass is 256 g/mol. The molecular weight excluding hydrogens is 228 g/mol. The van der Waals surface area contributed by atoms with Crippen molar-refractivity contribution in [1.82, 2.24) is 10.2 Å². The van der Waals surface area contributed by atoms with Crippen molar-refractivity contribution in [2.45, 2.75) is 64.5 Å². The fourth-order valence-electron chi connectivity index (χ4n) is 2.40. The number of aliphatic hydroxyl groups is 1. The van der Waals surface area contributed by atoms with Gasteiger partial charge < -0.3 is 15.3 Å². The summed E-state index contributed by atoms with van der Waals surface area (Å²) in [5.41, 5.74) is 0. The first-order chi connectivity index (χ1) is 8.65. The Bertz CT molecular complexity index is 238. The smallest absolute Gasteiger partial charge is 0.239 e. The molecule has 0 radical (unpaired) electrons. The topological polar surface area (TPSA) is 52.6 Å². The molecule has 0 aromatic heterocycles. The average Bonchev–Trinajstić information content (AvgIpc) is 2.64. The highest BCUT2D eigenvalue weighted by molar-refractivity contribution is 5.81. The lowest BCUT2D eigenvalue weighted by Gasteiger charge is -2.25. The molecule has 0 bridgehead atoms. The lowest BCUT2D eigenvalue weighted by atomic mass is 10.2. The molecule has 106 valence electrons. The van der Waals surface area contributed by atoms with Crippen LogP contribution in [0.25, 0.3) is 0 Å². The maximum atomic E-state index is 12.2. The molecule has 1 aliphatic rings. The Balaban J connectivity index is 2.30. The Kier molecular flexibility index (Phi) is 7.28. The third-order valence-electron chi connectivity index (χ3n) is 3.57. The molecule has 1 aliphatic heterocycles. The summed E-state index contributed by atoms with van der Waals surface area (Å²) >= 11 is 0. The molecule has 0 aromatic carbocycles. The van der Waals surface area contributed by atoms with Gasteiger partial charge in [0.25, 0.3) is 0 Å². The van der Waals surface area contributed by atoms with Crippen LogP contribution in [0.2, 0.25) is 0 Å². The predicted molar refractivity (Wildman–Crippen MR) is 73.4 cm³/mol. The highest BCUT2D eigenvalue weighted by Crippen LogP contribution is 2.10. The van der Waals surface area contributed by atoms with Crippen LogP contribution in [0.15, 0.2) is 0 Å². The number of nitrogens with zero attached hydrogens (tertiary/aromatic N) is 1. The summed E-state index contributed by atoms with van der Waals surface area (Å²) in [6.45, 7) is 6.24. The van der Waals surface area contributed by atoms with Crippen molar-refractivity contribution in [3.8, 4) is 0 Å². The number of aliphatic hydroxyl groups excluding tert-OH is 1. The van der Waals surface area contributed by atoms with Crippen LogP contribution in [0.1, 0.15) is 52.4 Å². The van der Waals surface area contributed by atoms with Gasteiger partial charge in [-0.1, -0.05) is 26.2 Å². The first kappa shape index (κ1) is 15.4. The molecule has 0 spiro atoms. The standard InChI is InChI=1S/C14H28N2O2/c1-3-8-13(17)11-15-12(2)14(18)16-9-6-4-5-7-10-16/h12-13,15,17H,3-11H2,1-2H3. The van der Waals surface area contributed by atoms with Crippen LogP contribution in [-0.4, -0.2) is 47.7 Å². The number of likely N-dealkylation sites (tertiary alicyclic amines) is 1. The summed E-state index contributed by atoms with van der Waals surface area (Å²) in [6, 6.07) is -0.186. The van der Waals surface area contributed by atoms with E-state index in [2.05, 4.69) is 12.2 Å². The average molecular weight is 256 g/mol. The van der Waals surface area contributed by atoms with Gasteiger partial charge in [0.15, 0.2) is 0 Å². The predicted octanol–water partition coefficient (Wildman–Crippen LogP) is 1.53. The van der Waals surface area contributed by atoms with Crippen LogP contribution >= 0.6 is 0 Å². The molecule has 1 saturated heterocycles. The van der Waals surface area contributed by atoms with Gasteiger partial charge in [0.2, 0.25) is 5.91 Å². The Morgan fingerprint density at radius 3 is 2.44 bits per heavy atom. The molecule has 1 amide bonds. The summed E-state index contributed by atoms with van der Waals surface area (Å²) in [5, 5.41) is 12.8. The van der Waals surface area contributed by atoms with Crippen LogP contribution < -0.4 is 5.32 Å². The summed E-state index contributed by atoms with van der Waals surface area (Å²) in [7, 11) is 0. The van der Waals surface area contributed by atoms with Gasteiger partial charge in [-0.05, 0) is 26.2 Å². The van der Waals surface area contributed by atoms with E-state index in [1.54, 1.807) is 0 Å². The zero-order chi connectivity index (χ0) is 13.4. The van der Waals surface area contributed by atoms with E-state index in [0.717, 1.165) is 38.8 Å². The number of carbonyl (C=O) groups is 1. The van der Waals surface area contributed by atoms with Gasteiger partial charge in [0.1, 0.15) is 0 Å². The number of amides is 1. The van der Waals surface area contributed by atoms with Crippen molar-refractivity contribution in [3.05, 3.63) is 0 Å². The van der Waals surface area contributed by atoms with Crippen LogP contribution in [0.5, 0.6) is 0 Å². The number of rotatable bonds is 6. The van der Waals surface area contributed by atoms with Gasteiger partial charge >= 0.3 is 0 Å².